The van der Waals surface area contributed by atoms with Crippen molar-refractivity contribution in [1.82, 2.24) is 5.32 Å². The maximum absolute atomic E-state index is 14.0. The third-order valence-corrected chi connectivity index (χ3v) is 3.40. The van der Waals surface area contributed by atoms with Crippen LogP contribution in [0.4, 0.5) is 4.39 Å². The van der Waals surface area contributed by atoms with E-state index in [1.807, 2.05) is 37.4 Å². The third kappa shape index (κ3) is 2.99. The second-order valence-electron chi connectivity index (χ2n) is 5.19. The van der Waals surface area contributed by atoms with E-state index in [0.29, 0.717) is 11.7 Å². The minimum Gasteiger partial charge on any atom is -0.490 e. The lowest BCUT2D eigenvalue weighted by Gasteiger charge is -2.09. The zero-order chi connectivity index (χ0) is 13.9. The topological polar surface area (TPSA) is 21.3 Å². The van der Waals surface area contributed by atoms with E-state index in [9.17, 15) is 4.39 Å². The van der Waals surface area contributed by atoms with Gasteiger partial charge < -0.3 is 10.1 Å². The minimum atomic E-state index is -0.194. The summed E-state index contributed by atoms with van der Waals surface area (Å²) in [6.07, 6.45) is 2.67. The number of halogens is 1. The Morgan fingerprint density at radius 3 is 2.55 bits per heavy atom. The highest BCUT2D eigenvalue weighted by molar-refractivity contribution is 5.65. The van der Waals surface area contributed by atoms with E-state index >= 15 is 0 Å². The molecule has 2 nitrogen and oxygen atoms in total. The van der Waals surface area contributed by atoms with Crippen LogP contribution in [0.2, 0.25) is 0 Å². The summed E-state index contributed by atoms with van der Waals surface area (Å²) in [4.78, 5) is 0. The first-order valence-electron chi connectivity index (χ1n) is 6.96. The average molecular weight is 271 g/mol. The van der Waals surface area contributed by atoms with Crippen molar-refractivity contribution in [3.05, 3.63) is 53.8 Å². The molecule has 2 aromatic rings. The van der Waals surface area contributed by atoms with Gasteiger partial charge in [-0.15, -0.1) is 0 Å². The fourth-order valence-corrected chi connectivity index (χ4v) is 2.20. The Labute approximate surface area is 118 Å². The predicted octanol–water partition coefficient (Wildman–Crippen LogP) is 3.75. The van der Waals surface area contributed by atoms with E-state index in [1.54, 1.807) is 6.07 Å². The molecule has 1 fully saturated rings. The quantitative estimate of drug-likeness (QED) is 0.894. The second kappa shape index (κ2) is 5.63. The van der Waals surface area contributed by atoms with Crippen LogP contribution >= 0.6 is 0 Å². The maximum atomic E-state index is 14.0. The van der Waals surface area contributed by atoms with Crippen molar-refractivity contribution in [2.75, 3.05) is 7.05 Å². The maximum Gasteiger partial charge on any atom is 0.131 e. The van der Waals surface area contributed by atoms with Crippen LogP contribution in [0.3, 0.4) is 0 Å². The Kier molecular flexibility index (Phi) is 3.70. The number of rotatable bonds is 5. The van der Waals surface area contributed by atoms with Crippen molar-refractivity contribution in [1.29, 1.82) is 0 Å². The van der Waals surface area contributed by atoms with Gasteiger partial charge in [0.1, 0.15) is 11.6 Å². The van der Waals surface area contributed by atoms with Gasteiger partial charge in [-0.3, -0.25) is 0 Å². The Morgan fingerprint density at radius 2 is 1.90 bits per heavy atom. The van der Waals surface area contributed by atoms with Crippen LogP contribution in [0.1, 0.15) is 18.4 Å². The van der Waals surface area contributed by atoms with E-state index in [-0.39, 0.29) is 5.82 Å². The molecule has 0 spiro atoms. The zero-order valence-electron chi connectivity index (χ0n) is 11.5. The summed E-state index contributed by atoms with van der Waals surface area (Å²) < 4.78 is 19.7. The summed E-state index contributed by atoms with van der Waals surface area (Å²) in [5.74, 6) is 0.670. The van der Waals surface area contributed by atoms with E-state index in [0.717, 1.165) is 36.3 Å². The molecule has 1 aliphatic carbocycles. The van der Waals surface area contributed by atoms with Gasteiger partial charge in [0, 0.05) is 12.1 Å². The summed E-state index contributed by atoms with van der Waals surface area (Å²) in [6, 6.07) is 12.9. The van der Waals surface area contributed by atoms with Crippen molar-refractivity contribution in [3.8, 4) is 16.9 Å². The molecule has 1 aliphatic rings. The van der Waals surface area contributed by atoms with Crippen molar-refractivity contribution < 1.29 is 9.13 Å². The van der Waals surface area contributed by atoms with E-state index in [1.165, 1.54) is 6.07 Å². The van der Waals surface area contributed by atoms with Crippen LogP contribution in [-0.4, -0.2) is 13.2 Å². The Bertz CT molecular complexity index is 590. The molecule has 0 aliphatic heterocycles. The van der Waals surface area contributed by atoms with Gasteiger partial charge in [0.05, 0.1) is 6.10 Å². The van der Waals surface area contributed by atoms with Gasteiger partial charge in [-0.05, 0) is 55.3 Å². The van der Waals surface area contributed by atoms with Gasteiger partial charge in [0.15, 0.2) is 0 Å². The Morgan fingerprint density at radius 1 is 1.15 bits per heavy atom. The third-order valence-electron chi connectivity index (χ3n) is 3.40. The largest absolute Gasteiger partial charge is 0.490 e. The fourth-order valence-electron chi connectivity index (χ4n) is 2.20. The van der Waals surface area contributed by atoms with Gasteiger partial charge in [-0.1, -0.05) is 18.2 Å². The smallest absolute Gasteiger partial charge is 0.131 e. The highest BCUT2D eigenvalue weighted by atomic mass is 19.1. The van der Waals surface area contributed by atoms with Gasteiger partial charge in [-0.25, -0.2) is 4.39 Å². The minimum absolute atomic E-state index is 0.194. The van der Waals surface area contributed by atoms with E-state index < -0.39 is 0 Å². The molecule has 2 aromatic carbocycles. The monoisotopic (exact) mass is 271 g/mol. The Balaban J connectivity index is 1.85. The van der Waals surface area contributed by atoms with Crippen LogP contribution in [0, 0.1) is 5.82 Å². The summed E-state index contributed by atoms with van der Waals surface area (Å²) in [5.41, 5.74) is 2.58. The molecule has 0 unspecified atom stereocenters. The standard InChI is InChI=1S/C17H18FNO/c1-19-11-12-2-9-17(18)16(10-12)13-3-5-14(6-4-13)20-15-7-8-15/h2-6,9-10,15,19H,7-8,11H2,1H3. The average Bonchev–Trinajstić information content (AvgIpc) is 3.26. The lowest BCUT2D eigenvalue weighted by molar-refractivity contribution is 0.303. The molecule has 104 valence electrons. The molecule has 1 saturated carbocycles. The molecule has 0 bridgehead atoms. The first-order valence-corrected chi connectivity index (χ1v) is 6.96. The molecule has 0 aromatic heterocycles. The second-order valence-corrected chi connectivity index (χ2v) is 5.19. The molecule has 20 heavy (non-hydrogen) atoms. The molecule has 0 amide bonds. The summed E-state index contributed by atoms with van der Waals surface area (Å²) in [5, 5.41) is 3.08. The van der Waals surface area contributed by atoms with Gasteiger partial charge in [0.25, 0.3) is 0 Å². The summed E-state index contributed by atoms with van der Waals surface area (Å²) in [6.45, 7) is 0.732. The molecule has 3 heteroatoms. The molecule has 1 N–H and O–H groups in total. The number of ether oxygens (including phenoxy) is 1. The summed E-state index contributed by atoms with van der Waals surface area (Å²) >= 11 is 0. The normalized spacial score (nSPS) is 14.3. The number of hydrogen-bond donors (Lipinski definition) is 1. The van der Waals surface area contributed by atoms with Crippen LogP contribution in [0.15, 0.2) is 42.5 Å². The first-order chi connectivity index (χ1) is 9.76. The molecular formula is C17H18FNO. The highest BCUT2D eigenvalue weighted by Gasteiger charge is 2.23. The van der Waals surface area contributed by atoms with Crippen molar-refractivity contribution in [2.45, 2.75) is 25.5 Å². The van der Waals surface area contributed by atoms with Gasteiger partial charge >= 0.3 is 0 Å². The van der Waals surface area contributed by atoms with Crippen LogP contribution in [0.5, 0.6) is 5.75 Å². The van der Waals surface area contributed by atoms with Crippen LogP contribution < -0.4 is 10.1 Å². The molecule has 0 atom stereocenters. The zero-order valence-corrected chi connectivity index (χ0v) is 11.5. The van der Waals surface area contributed by atoms with Crippen LogP contribution in [0.25, 0.3) is 11.1 Å². The molecule has 0 saturated heterocycles. The van der Waals surface area contributed by atoms with E-state index in [2.05, 4.69) is 5.32 Å². The number of hydrogen-bond acceptors (Lipinski definition) is 2. The Hall–Kier alpha value is -1.87. The molecule has 3 rings (SSSR count). The molecular weight excluding hydrogens is 253 g/mol. The van der Waals surface area contributed by atoms with E-state index in [4.69, 9.17) is 4.74 Å². The number of benzene rings is 2. The van der Waals surface area contributed by atoms with Crippen molar-refractivity contribution in [3.63, 3.8) is 0 Å². The predicted molar refractivity (Wildman–Crippen MR) is 78.2 cm³/mol. The van der Waals surface area contributed by atoms with Gasteiger partial charge in [0.2, 0.25) is 0 Å². The van der Waals surface area contributed by atoms with Crippen LogP contribution in [-0.2, 0) is 6.54 Å². The van der Waals surface area contributed by atoms with Crippen molar-refractivity contribution in [2.24, 2.45) is 0 Å². The fraction of sp³-hybridized carbons (Fsp3) is 0.294. The number of nitrogens with one attached hydrogen (secondary N) is 1. The molecule has 0 heterocycles. The van der Waals surface area contributed by atoms with Gasteiger partial charge in [-0.2, -0.15) is 0 Å². The lowest BCUT2D eigenvalue weighted by Crippen LogP contribution is -2.05. The molecule has 0 radical (unpaired) electrons. The SMILES string of the molecule is CNCc1ccc(F)c(-c2ccc(OC3CC3)cc2)c1. The summed E-state index contributed by atoms with van der Waals surface area (Å²) in [7, 11) is 1.88. The van der Waals surface area contributed by atoms with Crippen molar-refractivity contribution >= 4 is 0 Å². The first kappa shape index (κ1) is 13.1. The highest BCUT2D eigenvalue weighted by Crippen LogP contribution is 2.29. The lowest BCUT2D eigenvalue weighted by atomic mass is 10.0.